The molecule has 4 rings (SSSR count). The Kier molecular flexibility index (Phi) is 4.65. The SMILES string of the molecule is Clc1ccc(Cn2cc(CSc3nc4ccccc4o3)nn2)cc1Cl. The van der Waals surface area contributed by atoms with Crippen molar-refractivity contribution in [1.82, 2.24) is 20.0 Å². The van der Waals surface area contributed by atoms with Gasteiger partial charge in [-0.15, -0.1) is 5.10 Å². The molecule has 8 heteroatoms. The van der Waals surface area contributed by atoms with Gasteiger partial charge in [0.15, 0.2) is 5.58 Å². The maximum atomic E-state index is 6.04. The van der Waals surface area contributed by atoms with E-state index in [-0.39, 0.29) is 0 Å². The van der Waals surface area contributed by atoms with Gasteiger partial charge in [0, 0.05) is 11.9 Å². The van der Waals surface area contributed by atoms with E-state index in [2.05, 4.69) is 15.3 Å². The molecule has 0 atom stereocenters. The summed E-state index contributed by atoms with van der Waals surface area (Å²) in [5.74, 6) is 0.633. The van der Waals surface area contributed by atoms with Crippen LogP contribution in [0.5, 0.6) is 0 Å². The fraction of sp³-hybridized carbons (Fsp3) is 0.118. The molecule has 0 N–H and O–H groups in total. The molecule has 0 aliphatic rings. The van der Waals surface area contributed by atoms with E-state index in [0.717, 1.165) is 22.4 Å². The fourth-order valence-electron chi connectivity index (χ4n) is 2.36. The Balaban J connectivity index is 1.41. The number of hydrogen-bond acceptors (Lipinski definition) is 5. The zero-order valence-electron chi connectivity index (χ0n) is 12.9. The van der Waals surface area contributed by atoms with E-state index >= 15 is 0 Å². The van der Waals surface area contributed by atoms with Gasteiger partial charge < -0.3 is 4.42 Å². The predicted molar refractivity (Wildman–Crippen MR) is 99.2 cm³/mol. The minimum atomic E-state index is 0.533. The first kappa shape index (κ1) is 16.4. The fourth-order valence-corrected chi connectivity index (χ4v) is 3.39. The van der Waals surface area contributed by atoms with Crippen LogP contribution in [0.15, 0.2) is 58.3 Å². The molecule has 0 bridgehead atoms. The molecule has 2 heterocycles. The molecule has 126 valence electrons. The quantitative estimate of drug-likeness (QED) is 0.445. The second-order valence-corrected chi connectivity index (χ2v) is 7.13. The number of nitrogens with zero attached hydrogens (tertiary/aromatic N) is 4. The van der Waals surface area contributed by atoms with Crippen LogP contribution in [0.25, 0.3) is 11.1 Å². The van der Waals surface area contributed by atoms with Crippen molar-refractivity contribution in [2.75, 3.05) is 0 Å². The number of halogens is 2. The number of oxazole rings is 1. The van der Waals surface area contributed by atoms with E-state index < -0.39 is 0 Å². The maximum Gasteiger partial charge on any atom is 0.257 e. The average Bonchev–Trinajstić information content (AvgIpc) is 3.22. The largest absolute Gasteiger partial charge is 0.431 e. The zero-order chi connectivity index (χ0) is 17.2. The Morgan fingerprint density at radius 1 is 1.08 bits per heavy atom. The van der Waals surface area contributed by atoms with Gasteiger partial charge in [0.05, 0.1) is 22.3 Å². The number of benzene rings is 2. The van der Waals surface area contributed by atoms with Crippen LogP contribution in [-0.2, 0) is 12.3 Å². The van der Waals surface area contributed by atoms with E-state index in [9.17, 15) is 0 Å². The van der Waals surface area contributed by atoms with Crippen LogP contribution in [-0.4, -0.2) is 20.0 Å². The number of aromatic nitrogens is 4. The number of para-hydroxylation sites is 2. The molecule has 4 aromatic rings. The smallest absolute Gasteiger partial charge is 0.257 e. The summed E-state index contributed by atoms with van der Waals surface area (Å²) in [6.45, 7) is 0.581. The van der Waals surface area contributed by atoms with Crippen LogP contribution in [0.2, 0.25) is 10.0 Å². The summed E-state index contributed by atoms with van der Waals surface area (Å²) in [7, 11) is 0. The Morgan fingerprint density at radius 2 is 1.96 bits per heavy atom. The van der Waals surface area contributed by atoms with Crippen molar-refractivity contribution in [3.63, 3.8) is 0 Å². The molecule has 0 saturated heterocycles. The summed E-state index contributed by atoms with van der Waals surface area (Å²) in [6.07, 6.45) is 1.90. The number of rotatable bonds is 5. The topological polar surface area (TPSA) is 56.7 Å². The molecule has 5 nitrogen and oxygen atoms in total. The van der Waals surface area contributed by atoms with Crippen molar-refractivity contribution >= 4 is 46.1 Å². The second kappa shape index (κ2) is 7.07. The molecule has 0 aliphatic heterocycles. The lowest BCUT2D eigenvalue weighted by atomic mass is 10.2. The zero-order valence-corrected chi connectivity index (χ0v) is 15.2. The Bertz CT molecular complexity index is 997. The van der Waals surface area contributed by atoms with Gasteiger partial charge in [0.2, 0.25) is 0 Å². The first-order chi connectivity index (χ1) is 12.2. The van der Waals surface area contributed by atoms with Crippen molar-refractivity contribution in [3.8, 4) is 0 Å². The molecule has 0 unspecified atom stereocenters. The standard InChI is InChI=1S/C17H12Cl2N4OS/c18-13-6-5-11(7-14(13)19)8-23-9-12(21-22-23)10-25-17-20-15-3-1-2-4-16(15)24-17/h1-7,9H,8,10H2. The van der Waals surface area contributed by atoms with Crippen molar-refractivity contribution in [2.45, 2.75) is 17.5 Å². The van der Waals surface area contributed by atoms with Crippen molar-refractivity contribution < 1.29 is 4.42 Å². The van der Waals surface area contributed by atoms with Crippen LogP contribution in [0.4, 0.5) is 0 Å². The number of fused-ring (bicyclic) bond motifs is 1. The van der Waals surface area contributed by atoms with Crippen LogP contribution in [0.3, 0.4) is 0 Å². The summed E-state index contributed by atoms with van der Waals surface area (Å²) in [6, 6.07) is 13.2. The van der Waals surface area contributed by atoms with Crippen LogP contribution < -0.4 is 0 Å². The highest BCUT2D eigenvalue weighted by Gasteiger charge is 2.08. The third-order valence-corrected chi connectivity index (χ3v) is 5.13. The van der Waals surface area contributed by atoms with Crippen LogP contribution >= 0.6 is 35.0 Å². The van der Waals surface area contributed by atoms with Crippen molar-refractivity contribution in [2.24, 2.45) is 0 Å². The first-order valence-corrected chi connectivity index (χ1v) is 9.23. The maximum absolute atomic E-state index is 6.04. The minimum absolute atomic E-state index is 0.533. The van der Waals surface area contributed by atoms with Gasteiger partial charge in [0.1, 0.15) is 5.52 Å². The van der Waals surface area contributed by atoms with Gasteiger partial charge in [-0.25, -0.2) is 9.67 Å². The number of thioether (sulfide) groups is 1. The Morgan fingerprint density at radius 3 is 2.80 bits per heavy atom. The highest BCUT2D eigenvalue weighted by Crippen LogP contribution is 2.26. The normalized spacial score (nSPS) is 11.3. The lowest BCUT2D eigenvalue weighted by molar-refractivity contribution is 0.489. The monoisotopic (exact) mass is 390 g/mol. The van der Waals surface area contributed by atoms with Crippen molar-refractivity contribution in [3.05, 3.63) is 70.0 Å². The molecule has 0 fully saturated rings. The Labute approximate surface area is 157 Å². The summed E-state index contributed by atoms with van der Waals surface area (Å²) in [4.78, 5) is 4.43. The minimum Gasteiger partial charge on any atom is -0.431 e. The Hall–Kier alpha value is -2.02. The molecular weight excluding hydrogens is 379 g/mol. The van der Waals surface area contributed by atoms with Gasteiger partial charge in [0.25, 0.3) is 5.22 Å². The lowest BCUT2D eigenvalue weighted by Gasteiger charge is -2.02. The van der Waals surface area contributed by atoms with Gasteiger partial charge in [-0.3, -0.25) is 0 Å². The average molecular weight is 391 g/mol. The molecule has 2 aromatic carbocycles. The van der Waals surface area contributed by atoms with Crippen molar-refractivity contribution in [1.29, 1.82) is 0 Å². The molecule has 0 radical (unpaired) electrons. The molecule has 25 heavy (non-hydrogen) atoms. The van der Waals surface area contributed by atoms with Gasteiger partial charge >= 0.3 is 0 Å². The number of hydrogen-bond donors (Lipinski definition) is 0. The molecule has 0 amide bonds. The van der Waals surface area contributed by atoms with Gasteiger partial charge in [-0.1, -0.05) is 58.4 Å². The third kappa shape index (κ3) is 3.81. The summed E-state index contributed by atoms with van der Waals surface area (Å²) >= 11 is 13.5. The summed E-state index contributed by atoms with van der Waals surface area (Å²) in [5.41, 5.74) is 3.51. The van der Waals surface area contributed by atoms with Crippen LogP contribution in [0.1, 0.15) is 11.3 Å². The molecule has 0 saturated carbocycles. The molecule has 0 aliphatic carbocycles. The summed E-state index contributed by atoms with van der Waals surface area (Å²) < 4.78 is 7.45. The molecule has 0 spiro atoms. The third-order valence-electron chi connectivity index (χ3n) is 3.53. The molecular formula is C17H12Cl2N4OS. The van der Waals surface area contributed by atoms with E-state index in [1.165, 1.54) is 11.8 Å². The van der Waals surface area contributed by atoms with Gasteiger partial charge in [-0.05, 0) is 29.8 Å². The highest BCUT2D eigenvalue weighted by molar-refractivity contribution is 7.98. The summed E-state index contributed by atoms with van der Waals surface area (Å²) in [5, 5.41) is 10.0. The second-order valence-electron chi connectivity index (χ2n) is 5.39. The van der Waals surface area contributed by atoms with E-state index in [4.69, 9.17) is 27.6 Å². The predicted octanol–water partition coefficient (Wildman–Crippen LogP) is 5.07. The van der Waals surface area contributed by atoms with Crippen LogP contribution in [0, 0.1) is 0 Å². The van der Waals surface area contributed by atoms with E-state index in [0.29, 0.717) is 27.6 Å². The van der Waals surface area contributed by atoms with E-state index in [1.807, 2.05) is 42.6 Å². The molecule has 2 aromatic heterocycles. The highest BCUT2D eigenvalue weighted by atomic mass is 35.5. The van der Waals surface area contributed by atoms with E-state index in [1.54, 1.807) is 10.7 Å². The first-order valence-electron chi connectivity index (χ1n) is 7.49. The van der Waals surface area contributed by atoms with Gasteiger partial charge in [-0.2, -0.15) is 0 Å². The lowest BCUT2D eigenvalue weighted by Crippen LogP contribution is -2.00.